The van der Waals surface area contributed by atoms with Gasteiger partial charge in [0.15, 0.2) is 0 Å². The molecule has 0 unspecified atom stereocenters. The highest BCUT2D eigenvalue weighted by Gasteiger charge is 2.06. The molecule has 4 nitrogen and oxygen atoms in total. The van der Waals surface area contributed by atoms with E-state index in [-0.39, 0.29) is 11.5 Å². The second-order valence-corrected chi connectivity index (χ2v) is 6.67. The summed E-state index contributed by atoms with van der Waals surface area (Å²) in [5.41, 5.74) is 0. The van der Waals surface area contributed by atoms with Crippen LogP contribution in [0.4, 0.5) is 0 Å². The third-order valence-corrected chi connectivity index (χ3v) is 4.21. The van der Waals surface area contributed by atoms with Crippen LogP contribution in [0.5, 0.6) is 5.75 Å². The number of sulfone groups is 1. The molecule has 1 rings (SSSR count). The van der Waals surface area contributed by atoms with E-state index in [2.05, 4.69) is 20.9 Å². The number of pyridine rings is 1. The molecule has 0 fully saturated rings. The molecule has 0 aliphatic heterocycles. The first kappa shape index (κ1) is 13.4. The lowest BCUT2D eigenvalue weighted by Crippen LogP contribution is -2.11. The number of rotatable bonds is 6. The Hall–Kier alpha value is -0.620. The van der Waals surface area contributed by atoms with Gasteiger partial charge in [0.1, 0.15) is 15.6 Å². The van der Waals surface area contributed by atoms with Crippen LogP contribution in [0, 0.1) is 0 Å². The maximum Gasteiger partial charge on any atom is 0.150 e. The second kappa shape index (κ2) is 6.20. The fourth-order valence-electron chi connectivity index (χ4n) is 1.08. The third kappa shape index (κ3) is 4.94. The highest BCUT2D eigenvalue weighted by molar-refractivity contribution is 9.10. The van der Waals surface area contributed by atoms with Crippen LogP contribution in [0.15, 0.2) is 22.9 Å². The van der Waals surface area contributed by atoms with Crippen molar-refractivity contribution >= 4 is 25.8 Å². The van der Waals surface area contributed by atoms with Crippen molar-refractivity contribution in [2.24, 2.45) is 0 Å². The van der Waals surface area contributed by atoms with E-state index in [9.17, 15) is 8.42 Å². The quantitative estimate of drug-likeness (QED) is 0.755. The van der Waals surface area contributed by atoms with E-state index in [1.807, 2.05) is 0 Å². The Morgan fingerprint density at radius 2 is 2.19 bits per heavy atom. The molecule has 0 radical (unpaired) electrons. The van der Waals surface area contributed by atoms with E-state index in [0.29, 0.717) is 18.8 Å². The lowest BCUT2D eigenvalue weighted by atomic mass is 10.4. The highest BCUT2D eigenvalue weighted by atomic mass is 79.9. The van der Waals surface area contributed by atoms with Crippen LogP contribution in [0.25, 0.3) is 0 Å². The minimum Gasteiger partial charge on any atom is -0.492 e. The Morgan fingerprint density at radius 3 is 2.81 bits per heavy atom. The van der Waals surface area contributed by atoms with E-state index in [4.69, 9.17) is 4.74 Å². The summed E-state index contributed by atoms with van der Waals surface area (Å²) in [5, 5.41) is 0. The molecule has 1 aromatic heterocycles. The predicted octanol–water partition coefficient (Wildman–Crippen LogP) is 2.05. The normalized spacial score (nSPS) is 11.4. The highest BCUT2D eigenvalue weighted by Crippen LogP contribution is 2.15. The molecule has 90 valence electrons. The molecule has 6 heteroatoms. The number of nitrogens with zero attached hydrogens (tertiary/aromatic N) is 1. The minimum atomic E-state index is -2.89. The fraction of sp³-hybridized carbons (Fsp3) is 0.500. The Labute approximate surface area is 104 Å². The molecule has 0 atom stereocenters. The van der Waals surface area contributed by atoms with Gasteiger partial charge in [-0.3, -0.25) is 4.98 Å². The SMILES string of the molecule is CCS(=O)(=O)CCCOc1cncc(Br)c1. The van der Waals surface area contributed by atoms with Crippen LogP contribution < -0.4 is 4.74 Å². The Balaban J connectivity index is 2.32. The first-order valence-corrected chi connectivity index (χ1v) is 7.59. The maximum absolute atomic E-state index is 11.2. The molecule has 0 saturated carbocycles. The monoisotopic (exact) mass is 307 g/mol. The standard InChI is InChI=1S/C10H14BrNO3S/c1-2-16(13,14)5-3-4-15-10-6-9(11)7-12-8-10/h6-8H,2-5H2,1H3. The van der Waals surface area contributed by atoms with Gasteiger partial charge in [0, 0.05) is 16.4 Å². The summed E-state index contributed by atoms with van der Waals surface area (Å²) in [5.74, 6) is 0.999. The van der Waals surface area contributed by atoms with Crippen molar-refractivity contribution in [3.63, 3.8) is 0 Å². The third-order valence-electron chi connectivity index (χ3n) is 1.99. The van der Waals surface area contributed by atoms with Gasteiger partial charge in [0.2, 0.25) is 0 Å². The van der Waals surface area contributed by atoms with Crippen molar-refractivity contribution in [3.05, 3.63) is 22.9 Å². The van der Waals surface area contributed by atoms with Gasteiger partial charge in [0.25, 0.3) is 0 Å². The van der Waals surface area contributed by atoms with Crippen LogP contribution in [0.2, 0.25) is 0 Å². The summed E-state index contributed by atoms with van der Waals surface area (Å²) in [6, 6.07) is 1.79. The molecule has 0 aliphatic carbocycles. The summed E-state index contributed by atoms with van der Waals surface area (Å²) >= 11 is 3.28. The Morgan fingerprint density at radius 1 is 1.44 bits per heavy atom. The van der Waals surface area contributed by atoms with Crippen LogP contribution in [0.1, 0.15) is 13.3 Å². The van der Waals surface area contributed by atoms with Crippen LogP contribution >= 0.6 is 15.9 Å². The van der Waals surface area contributed by atoms with Crippen molar-refractivity contribution in [2.75, 3.05) is 18.1 Å². The number of hydrogen-bond donors (Lipinski definition) is 0. The Kier molecular flexibility index (Phi) is 5.21. The number of aromatic nitrogens is 1. The molecule has 0 bridgehead atoms. The van der Waals surface area contributed by atoms with E-state index in [1.54, 1.807) is 25.4 Å². The number of halogens is 1. The minimum absolute atomic E-state index is 0.172. The Bertz CT molecular complexity index is 433. The average Bonchev–Trinajstić information content (AvgIpc) is 2.25. The predicted molar refractivity (Wildman–Crippen MR) is 66.4 cm³/mol. The van der Waals surface area contributed by atoms with Gasteiger partial charge in [-0.25, -0.2) is 8.42 Å². The first-order valence-electron chi connectivity index (χ1n) is 4.97. The summed E-state index contributed by atoms with van der Waals surface area (Å²) < 4.78 is 28.6. The van der Waals surface area contributed by atoms with E-state index >= 15 is 0 Å². The van der Waals surface area contributed by atoms with Gasteiger partial charge < -0.3 is 4.74 Å². The zero-order valence-corrected chi connectivity index (χ0v) is 11.4. The fourth-order valence-corrected chi connectivity index (χ4v) is 2.27. The van der Waals surface area contributed by atoms with Gasteiger partial charge in [0.05, 0.1) is 18.6 Å². The van der Waals surface area contributed by atoms with Crippen LogP contribution in [-0.2, 0) is 9.84 Å². The van der Waals surface area contributed by atoms with Crippen LogP contribution in [0.3, 0.4) is 0 Å². The van der Waals surface area contributed by atoms with Crippen molar-refractivity contribution in [2.45, 2.75) is 13.3 Å². The van der Waals surface area contributed by atoms with Crippen molar-refractivity contribution < 1.29 is 13.2 Å². The lowest BCUT2D eigenvalue weighted by molar-refractivity contribution is 0.316. The zero-order chi connectivity index (χ0) is 12.0. The first-order chi connectivity index (χ1) is 7.53. The molecule has 0 N–H and O–H groups in total. The number of ether oxygens (including phenoxy) is 1. The molecule has 0 aromatic carbocycles. The van der Waals surface area contributed by atoms with Crippen molar-refractivity contribution in [1.29, 1.82) is 0 Å². The molecular formula is C10H14BrNO3S. The molecular weight excluding hydrogens is 294 g/mol. The lowest BCUT2D eigenvalue weighted by Gasteiger charge is -2.05. The molecule has 0 amide bonds. The second-order valence-electron chi connectivity index (χ2n) is 3.28. The summed E-state index contributed by atoms with van der Waals surface area (Å²) in [4.78, 5) is 3.94. The topological polar surface area (TPSA) is 56.3 Å². The van der Waals surface area contributed by atoms with Gasteiger partial charge in [-0.05, 0) is 28.4 Å². The van der Waals surface area contributed by atoms with Gasteiger partial charge in [-0.2, -0.15) is 0 Å². The van der Waals surface area contributed by atoms with E-state index in [0.717, 1.165) is 4.47 Å². The molecule has 1 heterocycles. The molecule has 0 saturated heterocycles. The summed E-state index contributed by atoms with van der Waals surface area (Å²) in [7, 11) is -2.89. The average molecular weight is 308 g/mol. The van der Waals surface area contributed by atoms with Gasteiger partial charge in [-0.1, -0.05) is 6.92 Å². The van der Waals surface area contributed by atoms with Gasteiger partial charge in [-0.15, -0.1) is 0 Å². The van der Waals surface area contributed by atoms with Gasteiger partial charge >= 0.3 is 0 Å². The van der Waals surface area contributed by atoms with E-state index in [1.165, 1.54) is 0 Å². The van der Waals surface area contributed by atoms with Crippen molar-refractivity contribution in [1.82, 2.24) is 4.98 Å². The largest absolute Gasteiger partial charge is 0.492 e. The smallest absolute Gasteiger partial charge is 0.150 e. The molecule has 1 aromatic rings. The van der Waals surface area contributed by atoms with Crippen molar-refractivity contribution in [3.8, 4) is 5.75 Å². The summed E-state index contributed by atoms with van der Waals surface area (Å²) in [6.07, 6.45) is 3.76. The molecule has 0 aliphatic rings. The van der Waals surface area contributed by atoms with E-state index < -0.39 is 9.84 Å². The molecule has 16 heavy (non-hydrogen) atoms. The molecule has 0 spiro atoms. The maximum atomic E-state index is 11.2. The summed E-state index contributed by atoms with van der Waals surface area (Å²) in [6.45, 7) is 2.03. The zero-order valence-electron chi connectivity index (χ0n) is 9.02. The number of hydrogen-bond acceptors (Lipinski definition) is 4. The van der Waals surface area contributed by atoms with Crippen LogP contribution in [-0.4, -0.2) is 31.5 Å².